The second kappa shape index (κ2) is 8.66. The number of hydrogen-bond donors (Lipinski definition) is 1. The van der Waals surface area contributed by atoms with Crippen LogP contribution in [0.3, 0.4) is 0 Å². The average molecular weight is 478 g/mol. The van der Waals surface area contributed by atoms with E-state index in [0.29, 0.717) is 12.3 Å². The van der Waals surface area contributed by atoms with Gasteiger partial charge in [-0.1, -0.05) is 12.1 Å². The minimum atomic E-state index is -4.62. The van der Waals surface area contributed by atoms with Crippen molar-refractivity contribution in [1.82, 2.24) is 14.9 Å². The van der Waals surface area contributed by atoms with Gasteiger partial charge < -0.3 is 9.88 Å². The fourth-order valence-electron chi connectivity index (χ4n) is 2.52. The van der Waals surface area contributed by atoms with Gasteiger partial charge in [0, 0.05) is 22.9 Å². The molecule has 1 aromatic carbocycles. The Kier molecular flexibility index (Phi) is 6.48. The quantitative estimate of drug-likeness (QED) is 0.490. The number of thioether (sulfide) groups is 1. The number of nitrogens with zero attached hydrogens (tertiary/aromatic N) is 2. The van der Waals surface area contributed by atoms with Crippen molar-refractivity contribution in [1.29, 1.82) is 0 Å². The molecule has 0 aliphatic rings. The van der Waals surface area contributed by atoms with Crippen molar-refractivity contribution in [2.45, 2.75) is 18.5 Å². The van der Waals surface area contributed by atoms with E-state index in [4.69, 9.17) is 0 Å². The molecule has 0 aliphatic heterocycles. The fourth-order valence-corrected chi connectivity index (χ4v) is 4.97. The summed E-state index contributed by atoms with van der Waals surface area (Å²) in [6.07, 6.45) is -4.62. The Morgan fingerprint density at radius 3 is 2.74 bits per heavy atom. The molecular weight excluding hydrogens is 463 g/mol. The zero-order valence-electron chi connectivity index (χ0n) is 13.9. The number of alkyl halides is 3. The summed E-state index contributed by atoms with van der Waals surface area (Å²) in [4.78, 5) is 17.0. The van der Waals surface area contributed by atoms with Gasteiger partial charge in [0.15, 0.2) is 0 Å². The molecule has 0 radical (unpaired) electrons. The summed E-state index contributed by atoms with van der Waals surface area (Å²) in [5.41, 5.74) is 0.507. The molecule has 27 heavy (non-hydrogen) atoms. The highest BCUT2D eigenvalue weighted by atomic mass is 79.9. The second-order valence-corrected chi connectivity index (χ2v) is 9.27. The minimum absolute atomic E-state index is 0.218. The number of benzene rings is 1. The highest BCUT2D eigenvalue weighted by molar-refractivity contribution is 9.11. The third kappa shape index (κ3) is 5.26. The first-order valence-corrected chi connectivity index (χ1v) is 10.7. The topological polar surface area (TPSA) is 46.9 Å². The molecule has 2 aromatic heterocycles. The number of para-hydroxylation sites is 2. The summed E-state index contributed by atoms with van der Waals surface area (Å²) in [6, 6.07) is 10.3. The molecule has 0 bridgehead atoms. The monoisotopic (exact) mass is 477 g/mol. The number of halogens is 4. The standard InChI is InChI=1S/C17H15BrF3N3OS2/c18-14-6-5-11(27-14)10-26-8-7-22-15(25)9-24-13-4-2-1-3-12(13)23-16(24)17(19,20)21/h1-6H,7-10H2,(H,22,25). The first kappa shape index (κ1) is 20.2. The van der Waals surface area contributed by atoms with Crippen LogP contribution in [0.1, 0.15) is 10.7 Å². The van der Waals surface area contributed by atoms with Crippen molar-refractivity contribution >= 4 is 56.0 Å². The number of carbonyl (C=O) groups is 1. The lowest BCUT2D eigenvalue weighted by Crippen LogP contribution is -2.31. The van der Waals surface area contributed by atoms with Gasteiger partial charge >= 0.3 is 6.18 Å². The highest BCUT2D eigenvalue weighted by Crippen LogP contribution is 2.31. The third-order valence-corrected chi connectivity index (χ3v) is 6.47. The van der Waals surface area contributed by atoms with Gasteiger partial charge in [-0.3, -0.25) is 4.79 Å². The number of hydrogen-bond acceptors (Lipinski definition) is 4. The molecule has 10 heteroatoms. The van der Waals surface area contributed by atoms with Crippen LogP contribution in [0.4, 0.5) is 13.2 Å². The molecule has 1 amide bonds. The average Bonchev–Trinajstić information content (AvgIpc) is 3.18. The van der Waals surface area contributed by atoms with E-state index in [-0.39, 0.29) is 11.0 Å². The SMILES string of the molecule is O=C(Cn1c(C(F)(F)F)nc2ccccc21)NCCSCc1ccc(Br)s1. The van der Waals surface area contributed by atoms with Crippen molar-refractivity contribution < 1.29 is 18.0 Å². The number of carbonyl (C=O) groups excluding carboxylic acids is 1. The molecule has 3 aromatic rings. The molecule has 3 rings (SSSR count). The van der Waals surface area contributed by atoms with E-state index < -0.39 is 24.5 Å². The zero-order chi connectivity index (χ0) is 19.4. The Balaban J connectivity index is 1.56. The van der Waals surface area contributed by atoms with E-state index in [1.54, 1.807) is 35.2 Å². The molecular formula is C17H15BrF3N3OS2. The van der Waals surface area contributed by atoms with Gasteiger partial charge in [0.2, 0.25) is 11.7 Å². The van der Waals surface area contributed by atoms with Gasteiger partial charge in [-0.2, -0.15) is 24.9 Å². The van der Waals surface area contributed by atoms with Gasteiger partial charge in [-0.05, 0) is 40.2 Å². The Labute approximate surface area is 170 Å². The molecule has 144 valence electrons. The van der Waals surface area contributed by atoms with Gasteiger partial charge in [0.25, 0.3) is 0 Å². The Morgan fingerprint density at radius 2 is 2.04 bits per heavy atom. The number of amides is 1. The van der Waals surface area contributed by atoms with Crippen LogP contribution in [-0.4, -0.2) is 27.8 Å². The molecule has 0 spiro atoms. The Bertz CT molecular complexity index is 939. The Morgan fingerprint density at radius 1 is 1.26 bits per heavy atom. The summed E-state index contributed by atoms with van der Waals surface area (Å²) in [5.74, 6) is -0.0196. The van der Waals surface area contributed by atoms with Crippen molar-refractivity contribution in [3.8, 4) is 0 Å². The predicted octanol–water partition coefficient (Wildman–Crippen LogP) is 4.93. The van der Waals surface area contributed by atoms with Gasteiger partial charge in [0.05, 0.1) is 14.8 Å². The lowest BCUT2D eigenvalue weighted by molar-refractivity contribution is -0.147. The van der Waals surface area contributed by atoms with Crippen LogP contribution in [0.5, 0.6) is 0 Å². The van der Waals surface area contributed by atoms with Crippen LogP contribution in [0.15, 0.2) is 40.2 Å². The number of fused-ring (bicyclic) bond motifs is 1. The van der Waals surface area contributed by atoms with Crippen LogP contribution in [0, 0.1) is 0 Å². The van der Waals surface area contributed by atoms with E-state index in [0.717, 1.165) is 14.1 Å². The molecule has 0 atom stereocenters. The van der Waals surface area contributed by atoms with Gasteiger partial charge in [-0.25, -0.2) is 4.98 Å². The molecule has 0 unspecified atom stereocenters. The molecule has 4 nitrogen and oxygen atoms in total. The van der Waals surface area contributed by atoms with Crippen LogP contribution in [0.25, 0.3) is 11.0 Å². The first-order valence-electron chi connectivity index (χ1n) is 7.96. The predicted molar refractivity (Wildman–Crippen MR) is 106 cm³/mol. The van der Waals surface area contributed by atoms with Crippen LogP contribution < -0.4 is 5.32 Å². The van der Waals surface area contributed by atoms with Gasteiger partial charge in [-0.15, -0.1) is 11.3 Å². The van der Waals surface area contributed by atoms with Crippen molar-refractivity contribution in [3.05, 3.63) is 50.9 Å². The normalized spacial score (nSPS) is 11.9. The van der Waals surface area contributed by atoms with Crippen LogP contribution in [-0.2, 0) is 23.3 Å². The fraction of sp³-hybridized carbons (Fsp3) is 0.294. The Hall–Kier alpha value is -1.52. The summed E-state index contributed by atoms with van der Waals surface area (Å²) in [7, 11) is 0. The number of aromatic nitrogens is 2. The summed E-state index contributed by atoms with van der Waals surface area (Å²) >= 11 is 6.71. The van der Waals surface area contributed by atoms with Crippen molar-refractivity contribution in [3.63, 3.8) is 0 Å². The summed E-state index contributed by atoms with van der Waals surface area (Å²) in [5, 5.41) is 2.67. The molecule has 0 aliphatic carbocycles. The zero-order valence-corrected chi connectivity index (χ0v) is 17.1. The molecule has 0 saturated carbocycles. The number of rotatable bonds is 7. The van der Waals surface area contributed by atoms with Crippen LogP contribution >= 0.6 is 39.0 Å². The summed E-state index contributed by atoms with van der Waals surface area (Å²) < 4.78 is 41.7. The lowest BCUT2D eigenvalue weighted by atomic mass is 10.3. The number of imidazole rings is 1. The van der Waals surface area contributed by atoms with Crippen LogP contribution in [0.2, 0.25) is 0 Å². The maximum Gasteiger partial charge on any atom is 0.449 e. The number of nitrogens with one attached hydrogen (secondary N) is 1. The molecule has 0 fully saturated rings. The maximum atomic E-state index is 13.2. The van der Waals surface area contributed by atoms with E-state index in [2.05, 4.69) is 26.2 Å². The minimum Gasteiger partial charge on any atom is -0.354 e. The molecule has 2 heterocycles. The van der Waals surface area contributed by atoms with E-state index in [9.17, 15) is 18.0 Å². The van der Waals surface area contributed by atoms with Crippen molar-refractivity contribution in [2.24, 2.45) is 0 Å². The largest absolute Gasteiger partial charge is 0.449 e. The first-order chi connectivity index (χ1) is 12.8. The lowest BCUT2D eigenvalue weighted by Gasteiger charge is -2.11. The molecule has 1 N–H and O–H groups in total. The summed E-state index contributed by atoms with van der Waals surface area (Å²) in [6.45, 7) is -0.0259. The van der Waals surface area contributed by atoms with Gasteiger partial charge in [0.1, 0.15) is 6.54 Å². The van der Waals surface area contributed by atoms with E-state index in [1.165, 1.54) is 17.0 Å². The smallest absolute Gasteiger partial charge is 0.354 e. The third-order valence-electron chi connectivity index (χ3n) is 3.65. The highest BCUT2D eigenvalue weighted by Gasteiger charge is 2.37. The molecule has 0 saturated heterocycles. The maximum absolute atomic E-state index is 13.2. The second-order valence-electron chi connectivity index (χ2n) is 5.62. The van der Waals surface area contributed by atoms with E-state index in [1.807, 2.05) is 12.1 Å². The number of thiophene rings is 1. The van der Waals surface area contributed by atoms with Crippen molar-refractivity contribution in [2.75, 3.05) is 12.3 Å². The van der Waals surface area contributed by atoms with E-state index >= 15 is 0 Å².